The fraction of sp³-hybridized carbons (Fsp3) is 0.182. The van der Waals surface area contributed by atoms with E-state index >= 15 is 0 Å². The number of aromatic carboxylic acids is 1. The van der Waals surface area contributed by atoms with Crippen molar-refractivity contribution in [3.8, 4) is 11.3 Å². The lowest BCUT2D eigenvalue weighted by molar-refractivity contribution is -0.142. The molecule has 0 bridgehead atoms. The quantitative estimate of drug-likeness (QED) is 0.839. The zero-order chi connectivity index (χ0) is 14.9. The van der Waals surface area contributed by atoms with E-state index in [9.17, 15) is 18.0 Å². The number of benzene rings is 1. The zero-order valence-corrected chi connectivity index (χ0v) is 9.92. The van der Waals surface area contributed by atoms with E-state index in [1.54, 1.807) is 0 Å². The highest BCUT2D eigenvalue weighted by atomic mass is 19.4. The topological polar surface area (TPSA) is 94.0 Å². The van der Waals surface area contributed by atoms with Gasteiger partial charge >= 0.3 is 12.1 Å². The Morgan fingerprint density at radius 1 is 1.30 bits per heavy atom. The molecular weight excluding hydrogens is 277 g/mol. The van der Waals surface area contributed by atoms with Crippen LogP contribution in [-0.2, 0) is 6.54 Å². The summed E-state index contributed by atoms with van der Waals surface area (Å²) in [4.78, 5) is 11.0. The Bertz CT molecular complexity index is 634. The smallest absolute Gasteiger partial charge is 0.408 e. The number of hydrogen-bond donors (Lipinski definition) is 2. The molecule has 1 aromatic heterocycles. The van der Waals surface area contributed by atoms with Crippen molar-refractivity contribution in [2.75, 3.05) is 5.73 Å². The number of nitrogens with two attached hydrogens (primary N) is 1. The lowest BCUT2D eigenvalue weighted by Gasteiger charge is -2.10. The van der Waals surface area contributed by atoms with E-state index in [2.05, 4.69) is 10.3 Å². The highest BCUT2D eigenvalue weighted by Crippen LogP contribution is 2.26. The normalized spacial score (nSPS) is 11.6. The highest BCUT2D eigenvalue weighted by molar-refractivity contribution is 5.92. The summed E-state index contributed by atoms with van der Waals surface area (Å²) < 4.78 is 37.9. The maximum absolute atomic E-state index is 12.5. The van der Waals surface area contributed by atoms with Gasteiger partial charge in [0.2, 0.25) is 0 Å². The molecule has 0 unspecified atom stereocenters. The van der Waals surface area contributed by atoms with Crippen molar-refractivity contribution < 1.29 is 23.1 Å². The van der Waals surface area contributed by atoms with Crippen molar-refractivity contribution >= 4 is 11.7 Å². The Labute approximate surface area is 110 Å². The summed E-state index contributed by atoms with van der Waals surface area (Å²) in [6.07, 6.45) is -4.54. The van der Waals surface area contributed by atoms with Crippen LogP contribution in [0, 0.1) is 0 Å². The van der Waals surface area contributed by atoms with Crippen LogP contribution in [0.5, 0.6) is 0 Å². The number of aromatic nitrogens is 3. The first kappa shape index (κ1) is 13.8. The number of anilines is 1. The molecule has 0 atom stereocenters. The van der Waals surface area contributed by atoms with Crippen LogP contribution in [0.1, 0.15) is 10.5 Å². The predicted molar refractivity (Wildman–Crippen MR) is 62.9 cm³/mol. The molecule has 0 aliphatic carbocycles. The van der Waals surface area contributed by atoms with Crippen LogP contribution in [0.25, 0.3) is 11.3 Å². The maximum Gasteiger partial charge on any atom is 0.408 e. The van der Waals surface area contributed by atoms with Gasteiger partial charge in [-0.3, -0.25) is 0 Å². The molecule has 0 fully saturated rings. The van der Waals surface area contributed by atoms with Gasteiger partial charge in [0.1, 0.15) is 12.2 Å². The largest absolute Gasteiger partial charge is 0.476 e. The predicted octanol–water partition coefficient (Wildman–Crippen LogP) is 1.79. The molecule has 0 amide bonds. The average Bonchev–Trinajstić information content (AvgIpc) is 2.71. The molecule has 1 aromatic carbocycles. The maximum atomic E-state index is 12.5. The second-order valence-electron chi connectivity index (χ2n) is 3.99. The van der Waals surface area contributed by atoms with Gasteiger partial charge in [0.15, 0.2) is 5.69 Å². The number of halogens is 3. The number of alkyl halides is 3. The molecule has 0 aliphatic heterocycles. The Kier molecular flexibility index (Phi) is 3.35. The van der Waals surface area contributed by atoms with E-state index in [0.29, 0.717) is 10.4 Å². The third-order valence-corrected chi connectivity index (χ3v) is 2.45. The molecule has 20 heavy (non-hydrogen) atoms. The van der Waals surface area contributed by atoms with Crippen LogP contribution in [0.3, 0.4) is 0 Å². The van der Waals surface area contributed by atoms with Gasteiger partial charge < -0.3 is 10.8 Å². The average molecular weight is 286 g/mol. The van der Waals surface area contributed by atoms with Gasteiger partial charge in [-0.15, -0.1) is 5.10 Å². The van der Waals surface area contributed by atoms with E-state index in [-0.39, 0.29) is 11.3 Å². The van der Waals surface area contributed by atoms with Gasteiger partial charge in [0.25, 0.3) is 0 Å². The second-order valence-corrected chi connectivity index (χ2v) is 3.99. The molecule has 2 aromatic rings. The minimum atomic E-state index is -4.54. The minimum Gasteiger partial charge on any atom is -0.476 e. The van der Waals surface area contributed by atoms with Crippen molar-refractivity contribution in [1.29, 1.82) is 0 Å². The fourth-order valence-corrected chi connectivity index (χ4v) is 1.66. The summed E-state index contributed by atoms with van der Waals surface area (Å²) in [5.41, 5.74) is 5.37. The van der Waals surface area contributed by atoms with Gasteiger partial charge in [-0.25, -0.2) is 9.48 Å². The molecule has 106 valence electrons. The van der Waals surface area contributed by atoms with Gasteiger partial charge in [0, 0.05) is 11.3 Å². The Balaban J connectivity index is 2.55. The molecule has 0 radical (unpaired) electrons. The third-order valence-electron chi connectivity index (χ3n) is 2.45. The summed E-state index contributed by atoms with van der Waals surface area (Å²) in [7, 11) is 0. The summed E-state index contributed by atoms with van der Waals surface area (Å²) in [6.45, 7) is -1.42. The van der Waals surface area contributed by atoms with E-state index in [4.69, 9.17) is 10.8 Å². The van der Waals surface area contributed by atoms with E-state index in [0.717, 1.165) is 0 Å². The number of rotatable bonds is 3. The van der Waals surface area contributed by atoms with Crippen LogP contribution >= 0.6 is 0 Å². The lowest BCUT2D eigenvalue weighted by atomic mass is 10.1. The number of nitrogen functional groups attached to an aromatic ring is 1. The van der Waals surface area contributed by atoms with Gasteiger partial charge in [-0.05, 0) is 12.1 Å². The number of carbonyl (C=O) groups is 1. The molecule has 0 saturated carbocycles. The second kappa shape index (κ2) is 4.83. The molecule has 1 heterocycles. The third kappa shape index (κ3) is 2.87. The highest BCUT2D eigenvalue weighted by Gasteiger charge is 2.32. The minimum absolute atomic E-state index is 0.213. The number of hydrogen-bond acceptors (Lipinski definition) is 4. The molecular formula is C11H9F3N4O2. The summed E-state index contributed by atoms with van der Waals surface area (Å²) in [5, 5.41) is 15.5. The van der Waals surface area contributed by atoms with E-state index in [1.165, 1.54) is 24.3 Å². The first-order valence-electron chi connectivity index (χ1n) is 5.37. The standard InChI is InChI=1S/C11H9F3N4O2/c12-11(13,14)5-18-9(8(10(19)20)16-17-18)6-1-3-7(15)4-2-6/h1-4H,5,15H2,(H,19,20). The zero-order valence-electron chi connectivity index (χ0n) is 9.92. The van der Waals surface area contributed by atoms with E-state index < -0.39 is 24.4 Å². The van der Waals surface area contributed by atoms with Gasteiger partial charge in [-0.2, -0.15) is 13.2 Å². The van der Waals surface area contributed by atoms with Crippen LogP contribution < -0.4 is 5.73 Å². The molecule has 0 spiro atoms. The molecule has 6 nitrogen and oxygen atoms in total. The molecule has 9 heteroatoms. The molecule has 2 rings (SSSR count). The summed E-state index contributed by atoms with van der Waals surface area (Å²) >= 11 is 0. The number of carboxylic acids is 1. The number of carboxylic acid groups (broad SMARTS) is 1. The van der Waals surface area contributed by atoms with Crippen LogP contribution in [0.4, 0.5) is 18.9 Å². The van der Waals surface area contributed by atoms with Crippen molar-refractivity contribution in [3.63, 3.8) is 0 Å². The Morgan fingerprint density at radius 2 is 1.90 bits per heavy atom. The van der Waals surface area contributed by atoms with Crippen molar-refractivity contribution in [1.82, 2.24) is 15.0 Å². The SMILES string of the molecule is Nc1ccc(-c2c(C(=O)O)nnn2CC(F)(F)F)cc1. The van der Waals surface area contributed by atoms with E-state index in [1.807, 2.05) is 0 Å². The molecule has 0 aliphatic rings. The van der Waals surface area contributed by atoms with Crippen molar-refractivity contribution in [3.05, 3.63) is 30.0 Å². The summed E-state index contributed by atoms with van der Waals surface area (Å²) in [6, 6.07) is 5.72. The molecule has 0 saturated heterocycles. The first-order chi connectivity index (χ1) is 9.28. The first-order valence-corrected chi connectivity index (χ1v) is 5.37. The van der Waals surface area contributed by atoms with Crippen LogP contribution in [0.2, 0.25) is 0 Å². The number of nitrogens with zero attached hydrogens (tertiary/aromatic N) is 3. The van der Waals surface area contributed by atoms with Gasteiger partial charge in [-0.1, -0.05) is 17.3 Å². The summed E-state index contributed by atoms with van der Waals surface area (Å²) in [5.74, 6) is -1.45. The van der Waals surface area contributed by atoms with Gasteiger partial charge in [0.05, 0.1) is 0 Å². The lowest BCUT2D eigenvalue weighted by Crippen LogP contribution is -2.19. The Hall–Kier alpha value is -2.58. The fourth-order valence-electron chi connectivity index (χ4n) is 1.66. The monoisotopic (exact) mass is 286 g/mol. The van der Waals surface area contributed by atoms with Crippen LogP contribution in [0.15, 0.2) is 24.3 Å². The Morgan fingerprint density at radius 3 is 2.40 bits per heavy atom. The van der Waals surface area contributed by atoms with Crippen molar-refractivity contribution in [2.45, 2.75) is 12.7 Å². The van der Waals surface area contributed by atoms with Crippen molar-refractivity contribution in [2.24, 2.45) is 0 Å². The van der Waals surface area contributed by atoms with Crippen LogP contribution in [-0.4, -0.2) is 32.2 Å². The molecule has 3 N–H and O–H groups in total.